The molecule has 1 aliphatic heterocycles. The number of unbranched alkanes of at least 4 members (excludes halogenated alkanes) is 1. The second-order valence-electron chi connectivity index (χ2n) is 5.16. The normalized spacial score (nSPS) is 15.0. The zero-order chi connectivity index (χ0) is 15.1. The van der Waals surface area contributed by atoms with E-state index >= 15 is 0 Å². The highest BCUT2D eigenvalue weighted by Gasteiger charge is 2.21. The molecule has 6 heteroatoms. The summed E-state index contributed by atoms with van der Waals surface area (Å²) in [4.78, 5) is 30.8. The molecule has 0 spiro atoms. The van der Waals surface area contributed by atoms with Gasteiger partial charge < -0.3 is 14.9 Å². The molecule has 0 bridgehead atoms. The molecule has 2 rings (SSSR count). The second kappa shape index (κ2) is 7.61. The van der Waals surface area contributed by atoms with Gasteiger partial charge in [0.1, 0.15) is 5.82 Å². The Morgan fingerprint density at radius 1 is 1.10 bits per heavy atom. The van der Waals surface area contributed by atoms with E-state index in [1.54, 1.807) is 6.20 Å². The average Bonchev–Trinajstić information content (AvgIpc) is 2.52. The Balaban J connectivity index is 1.71. The number of hydrogen-bond donors (Lipinski definition) is 1. The molecule has 1 fully saturated rings. The van der Waals surface area contributed by atoms with E-state index in [-0.39, 0.29) is 12.3 Å². The molecule has 0 radical (unpaired) electrons. The summed E-state index contributed by atoms with van der Waals surface area (Å²) < 4.78 is 0. The first-order chi connectivity index (χ1) is 10.2. The van der Waals surface area contributed by atoms with Crippen LogP contribution in [-0.4, -0.2) is 53.0 Å². The molecule has 1 saturated heterocycles. The van der Waals surface area contributed by atoms with Crippen LogP contribution < -0.4 is 4.90 Å². The fraction of sp³-hybridized carbons (Fsp3) is 0.533. The monoisotopic (exact) mass is 291 g/mol. The van der Waals surface area contributed by atoms with Gasteiger partial charge in [-0.05, 0) is 25.0 Å². The van der Waals surface area contributed by atoms with Crippen LogP contribution in [0.4, 0.5) is 5.82 Å². The molecule has 1 N–H and O–H groups in total. The van der Waals surface area contributed by atoms with Gasteiger partial charge in [0, 0.05) is 45.2 Å². The number of nitrogens with zero attached hydrogens (tertiary/aromatic N) is 3. The van der Waals surface area contributed by atoms with Crippen molar-refractivity contribution >= 4 is 17.7 Å². The van der Waals surface area contributed by atoms with Crippen molar-refractivity contribution in [3.8, 4) is 0 Å². The summed E-state index contributed by atoms with van der Waals surface area (Å²) in [5, 5.41) is 8.56. The summed E-state index contributed by atoms with van der Waals surface area (Å²) in [6, 6.07) is 5.83. The molecule has 1 aliphatic rings. The summed E-state index contributed by atoms with van der Waals surface area (Å²) in [6.45, 7) is 2.98. The van der Waals surface area contributed by atoms with Crippen molar-refractivity contribution in [2.45, 2.75) is 25.7 Å². The Morgan fingerprint density at radius 3 is 2.43 bits per heavy atom. The van der Waals surface area contributed by atoms with Crippen molar-refractivity contribution in [1.29, 1.82) is 0 Å². The lowest BCUT2D eigenvalue weighted by Gasteiger charge is -2.35. The van der Waals surface area contributed by atoms with Gasteiger partial charge in [0.05, 0.1) is 0 Å². The van der Waals surface area contributed by atoms with Crippen LogP contribution in [0.15, 0.2) is 24.4 Å². The lowest BCUT2D eigenvalue weighted by atomic mass is 10.1. The average molecular weight is 291 g/mol. The fourth-order valence-electron chi connectivity index (χ4n) is 2.44. The number of carboxylic acid groups (broad SMARTS) is 1. The van der Waals surface area contributed by atoms with Gasteiger partial charge in [0.15, 0.2) is 0 Å². The summed E-state index contributed by atoms with van der Waals surface area (Å²) in [5.41, 5.74) is 0. The first-order valence-corrected chi connectivity index (χ1v) is 7.32. The van der Waals surface area contributed by atoms with E-state index in [2.05, 4.69) is 9.88 Å². The van der Waals surface area contributed by atoms with Crippen LogP contribution >= 0.6 is 0 Å². The third-order valence-electron chi connectivity index (χ3n) is 3.64. The molecular weight excluding hydrogens is 270 g/mol. The number of aromatic nitrogens is 1. The lowest BCUT2D eigenvalue weighted by Crippen LogP contribution is -2.49. The van der Waals surface area contributed by atoms with Crippen LogP contribution in [0.1, 0.15) is 25.7 Å². The van der Waals surface area contributed by atoms with Gasteiger partial charge in [0.2, 0.25) is 5.91 Å². The van der Waals surface area contributed by atoms with E-state index in [0.717, 1.165) is 18.9 Å². The van der Waals surface area contributed by atoms with Crippen molar-refractivity contribution in [3.63, 3.8) is 0 Å². The van der Waals surface area contributed by atoms with Crippen molar-refractivity contribution in [1.82, 2.24) is 9.88 Å². The van der Waals surface area contributed by atoms with E-state index in [1.807, 2.05) is 23.1 Å². The first kappa shape index (κ1) is 15.3. The number of rotatable bonds is 6. The zero-order valence-corrected chi connectivity index (χ0v) is 12.1. The largest absolute Gasteiger partial charge is 0.481 e. The minimum absolute atomic E-state index is 0.126. The van der Waals surface area contributed by atoms with Gasteiger partial charge in [-0.1, -0.05) is 6.07 Å². The number of pyridine rings is 1. The zero-order valence-electron chi connectivity index (χ0n) is 12.1. The van der Waals surface area contributed by atoms with Crippen molar-refractivity contribution in [2.75, 3.05) is 31.1 Å². The highest BCUT2D eigenvalue weighted by atomic mass is 16.4. The number of anilines is 1. The topological polar surface area (TPSA) is 73.7 Å². The quantitative estimate of drug-likeness (QED) is 0.801. The standard InChI is InChI=1S/C15H21N3O3/c19-14(6-1-2-7-15(20)21)18-11-9-17(10-12-18)13-5-3-4-8-16-13/h3-5,8H,1-2,6-7,9-12H2,(H,20,21). The van der Waals surface area contributed by atoms with Gasteiger partial charge >= 0.3 is 5.97 Å². The number of piperazine rings is 1. The number of carbonyl (C=O) groups excluding carboxylic acids is 1. The third kappa shape index (κ3) is 4.73. The van der Waals surface area contributed by atoms with E-state index < -0.39 is 5.97 Å². The van der Waals surface area contributed by atoms with Crippen LogP contribution in [0.2, 0.25) is 0 Å². The lowest BCUT2D eigenvalue weighted by molar-refractivity contribution is -0.137. The minimum atomic E-state index is -0.800. The Hall–Kier alpha value is -2.11. The molecule has 0 aromatic carbocycles. The predicted molar refractivity (Wildman–Crippen MR) is 79.1 cm³/mol. The SMILES string of the molecule is O=C(O)CCCCC(=O)N1CCN(c2ccccn2)CC1. The third-order valence-corrected chi connectivity index (χ3v) is 3.64. The molecule has 0 aliphatic carbocycles. The Bertz CT molecular complexity index is 470. The maximum absolute atomic E-state index is 12.0. The van der Waals surface area contributed by atoms with Crippen molar-refractivity contribution in [2.24, 2.45) is 0 Å². The number of carbonyl (C=O) groups is 2. The Kier molecular flexibility index (Phi) is 5.54. The summed E-state index contributed by atoms with van der Waals surface area (Å²) in [7, 11) is 0. The molecule has 0 unspecified atom stereocenters. The Labute approximate surface area is 124 Å². The molecule has 114 valence electrons. The van der Waals surface area contributed by atoms with Gasteiger partial charge in [-0.15, -0.1) is 0 Å². The van der Waals surface area contributed by atoms with E-state index in [9.17, 15) is 9.59 Å². The van der Waals surface area contributed by atoms with E-state index in [1.165, 1.54) is 0 Å². The number of hydrogen-bond acceptors (Lipinski definition) is 4. The highest BCUT2D eigenvalue weighted by molar-refractivity contribution is 5.76. The van der Waals surface area contributed by atoms with Crippen molar-refractivity contribution in [3.05, 3.63) is 24.4 Å². The molecule has 2 heterocycles. The molecule has 0 atom stereocenters. The summed E-state index contributed by atoms with van der Waals surface area (Å²) in [6.07, 6.45) is 3.56. The number of amides is 1. The van der Waals surface area contributed by atoms with E-state index in [0.29, 0.717) is 32.4 Å². The fourth-order valence-corrected chi connectivity index (χ4v) is 2.44. The summed E-state index contributed by atoms with van der Waals surface area (Å²) >= 11 is 0. The van der Waals surface area contributed by atoms with Crippen molar-refractivity contribution < 1.29 is 14.7 Å². The highest BCUT2D eigenvalue weighted by Crippen LogP contribution is 2.13. The molecule has 21 heavy (non-hydrogen) atoms. The van der Waals surface area contributed by atoms with Crippen LogP contribution in [0.5, 0.6) is 0 Å². The van der Waals surface area contributed by atoms with Crippen LogP contribution in [0, 0.1) is 0 Å². The maximum atomic E-state index is 12.0. The minimum Gasteiger partial charge on any atom is -0.481 e. The predicted octanol–water partition coefficient (Wildman–Crippen LogP) is 1.38. The van der Waals surface area contributed by atoms with E-state index in [4.69, 9.17) is 5.11 Å². The van der Waals surface area contributed by atoms with Gasteiger partial charge in [-0.3, -0.25) is 9.59 Å². The van der Waals surface area contributed by atoms with Gasteiger partial charge in [-0.2, -0.15) is 0 Å². The first-order valence-electron chi connectivity index (χ1n) is 7.32. The molecule has 0 saturated carbocycles. The number of carboxylic acids is 1. The van der Waals surface area contributed by atoms with Gasteiger partial charge in [-0.25, -0.2) is 4.98 Å². The van der Waals surface area contributed by atoms with Gasteiger partial charge in [0.25, 0.3) is 0 Å². The molecular formula is C15H21N3O3. The molecule has 1 aromatic heterocycles. The second-order valence-corrected chi connectivity index (χ2v) is 5.16. The molecule has 1 aromatic rings. The molecule has 1 amide bonds. The van der Waals surface area contributed by atoms with Crippen LogP contribution in [0.3, 0.4) is 0 Å². The van der Waals surface area contributed by atoms with Crippen LogP contribution in [-0.2, 0) is 9.59 Å². The Morgan fingerprint density at radius 2 is 1.81 bits per heavy atom. The smallest absolute Gasteiger partial charge is 0.303 e. The molecule has 6 nitrogen and oxygen atoms in total. The summed E-state index contributed by atoms with van der Waals surface area (Å²) in [5.74, 6) is 0.276. The van der Waals surface area contributed by atoms with Crippen LogP contribution in [0.25, 0.3) is 0 Å². The number of aliphatic carboxylic acids is 1. The maximum Gasteiger partial charge on any atom is 0.303 e.